The second-order valence-corrected chi connectivity index (χ2v) is 8.25. The van der Waals surface area contributed by atoms with Crippen LogP contribution in [0.5, 0.6) is 11.5 Å². The molecule has 2 aromatic rings. The van der Waals surface area contributed by atoms with Gasteiger partial charge in [-0.15, -0.1) is 11.3 Å². The van der Waals surface area contributed by atoms with Crippen LogP contribution in [0.15, 0.2) is 18.2 Å². The first-order valence-corrected chi connectivity index (χ1v) is 9.86. The van der Waals surface area contributed by atoms with Gasteiger partial charge in [0.1, 0.15) is 18.1 Å². The van der Waals surface area contributed by atoms with Crippen LogP contribution in [0.3, 0.4) is 0 Å². The Morgan fingerprint density at radius 2 is 1.85 bits per heavy atom. The molecule has 0 saturated carbocycles. The van der Waals surface area contributed by atoms with Crippen molar-refractivity contribution in [3.63, 3.8) is 0 Å². The number of rotatable bonds is 5. The molecule has 0 radical (unpaired) electrons. The van der Waals surface area contributed by atoms with Gasteiger partial charge < -0.3 is 14.8 Å². The second kappa shape index (κ2) is 7.66. The van der Waals surface area contributed by atoms with Gasteiger partial charge in [-0.2, -0.15) is 0 Å². The Morgan fingerprint density at radius 3 is 2.46 bits per heavy atom. The van der Waals surface area contributed by atoms with Gasteiger partial charge >= 0.3 is 0 Å². The zero-order valence-corrected chi connectivity index (χ0v) is 16.8. The summed E-state index contributed by atoms with van der Waals surface area (Å²) >= 11 is 1.48. The molecule has 1 atom stereocenters. The molecule has 1 aliphatic heterocycles. The lowest BCUT2D eigenvalue weighted by molar-refractivity contribution is 0.0928. The van der Waals surface area contributed by atoms with Crippen LogP contribution in [0.4, 0.5) is 0 Å². The number of fused-ring (bicyclic) bond motifs is 1. The summed E-state index contributed by atoms with van der Waals surface area (Å²) in [7, 11) is 0. The Labute approximate surface area is 158 Å². The fraction of sp³-hybridized carbons (Fsp3) is 0.500. The van der Waals surface area contributed by atoms with Gasteiger partial charge in [0.05, 0.1) is 16.7 Å². The number of nitrogens with one attached hydrogen (secondary N) is 1. The van der Waals surface area contributed by atoms with Crippen LogP contribution in [0.2, 0.25) is 0 Å². The molecule has 5 nitrogen and oxygen atoms in total. The Kier molecular flexibility index (Phi) is 5.51. The predicted molar refractivity (Wildman–Crippen MR) is 103 cm³/mol. The Morgan fingerprint density at radius 1 is 1.15 bits per heavy atom. The molecule has 0 spiro atoms. The lowest BCUT2D eigenvalue weighted by atomic mass is 9.95. The number of nitrogens with zero attached hydrogens (tertiary/aromatic N) is 1. The first-order valence-electron chi connectivity index (χ1n) is 9.04. The number of carbonyl (C=O) groups excluding carboxylic acids is 1. The Balaban J connectivity index is 1.84. The number of carbonyl (C=O) groups is 1. The highest BCUT2D eigenvalue weighted by atomic mass is 32.1. The fourth-order valence-electron chi connectivity index (χ4n) is 2.97. The van der Waals surface area contributed by atoms with Crippen molar-refractivity contribution >= 4 is 17.2 Å². The topological polar surface area (TPSA) is 60.5 Å². The molecule has 26 heavy (non-hydrogen) atoms. The standard InChI is InChI=1S/C20H26N2O3S/c1-11(2)17(14-6-7-15-16(10-14)25-9-8-24-15)22-19(23)18-13(5)21-20(26-18)12(3)4/h6-7,10-12,17H,8-9H2,1-5H3,(H,22,23). The summed E-state index contributed by atoms with van der Waals surface area (Å²) in [6, 6.07) is 5.78. The third-order valence-electron chi connectivity index (χ3n) is 4.39. The highest BCUT2D eigenvalue weighted by molar-refractivity contribution is 7.13. The summed E-state index contributed by atoms with van der Waals surface area (Å²) in [5, 5.41) is 4.18. The van der Waals surface area contributed by atoms with Crippen LogP contribution < -0.4 is 14.8 Å². The van der Waals surface area contributed by atoms with E-state index < -0.39 is 0 Å². The van der Waals surface area contributed by atoms with E-state index in [4.69, 9.17) is 9.47 Å². The molecule has 1 aromatic carbocycles. The van der Waals surface area contributed by atoms with Gasteiger partial charge in [-0.1, -0.05) is 33.8 Å². The number of hydrogen-bond acceptors (Lipinski definition) is 5. The minimum absolute atomic E-state index is 0.0690. The lowest BCUT2D eigenvalue weighted by Gasteiger charge is -2.25. The third kappa shape index (κ3) is 3.85. The second-order valence-electron chi connectivity index (χ2n) is 7.22. The van der Waals surface area contributed by atoms with E-state index in [1.165, 1.54) is 11.3 Å². The third-order valence-corrected chi connectivity index (χ3v) is 5.85. The predicted octanol–water partition coefficient (Wildman–Crippen LogP) is 4.47. The molecule has 0 aliphatic carbocycles. The van der Waals surface area contributed by atoms with Gasteiger partial charge in [-0.25, -0.2) is 4.98 Å². The van der Waals surface area contributed by atoms with Crippen molar-refractivity contribution < 1.29 is 14.3 Å². The summed E-state index contributed by atoms with van der Waals surface area (Å²) in [6.45, 7) is 11.4. The van der Waals surface area contributed by atoms with E-state index in [1.54, 1.807) is 0 Å². The molecule has 1 unspecified atom stereocenters. The Hall–Kier alpha value is -2.08. The average Bonchev–Trinajstić information content (AvgIpc) is 3.01. The van der Waals surface area contributed by atoms with Gasteiger partial charge in [0.15, 0.2) is 11.5 Å². The zero-order valence-electron chi connectivity index (χ0n) is 16.0. The van der Waals surface area contributed by atoms with Crippen molar-refractivity contribution in [1.82, 2.24) is 10.3 Å². The largest absolute Gasteiger partial charge is 0.486 e. The molecule has 2 heterocycles. The number of amides is 1. The Bertz CT molecular complexity index is 798. The summed E-state index contributed by atoms with van der Waals surface area (Å²) in [6.07, 6.45) is 0. The normalized spacial score (nSPS) is 14.6. The maximum absolute atomic E-state index is 12.9. The lowest BCUT2D eigenvalue weighted by Crippen LogP contribution is -2.31. The summed E-state index contributed by atoms with van der Waals surface area (Å²) < 4.78 is 11.3. The van der Waals surface area contributed by atoms with Crippen LogP contribution >= 0.6 is 11.3 Å². The minimum Gasteiger partial charge on any atom is -0.486 e. The molecule has 1 N–H and O–H groups in total. The van der Waals surface area contributed by atoms with E-state index in [2.05, 4.69) is 38.0 Å². The number of hydrogen-bond donors (Lipinski definition) is 1. The summed E-state index contributed by atoms with van der Waals surface area (Å²) in [5.74, 6) is 1.98. The van der Waals surface area contributed by atoms with Crippen LogP contribution in [0.25, 0.3) is 0 Å². The molecule has 6 heteroatoms. The summed E-state index contributed by atoms with van der Waals surface area (Å²) in [5.41, 5.74) is 1.81. The highest BCUT2D eigenvalue weighted by Crippen LogP contribution is 2.35. The monoisotopic (exact) mass is 374 g/mol. The van der Waals surface area contributed by atoms with Crippen LogP contribution in [-0.4, -0.2) is 24.1 Å². The maximum atomic E-state index is 12.9. The van der Waals surface area contributed by atoms with E-state index in [-0.39, 0.29) is 17.9 Å². The van der Waals surface area contributed by atoms with E-state index in [0.717, 1.165) is 27.8 Å². The molecular formula is C20H26N2O3S. The molecule has 1 amide bonds. The van der Waals surface area contributed by atoms with Crippen molar-refractivity contribution in [3.05, 3.63) is 39.3 Å². The maximum Gasteiger partial charge on any atom is 0.263 e. The average molecular weight is 375 g/mol. The number of ether oxygens (including phenoxy) is 2. The number of benzene rings is 1. The van der Waals surface area contributed by atoms with Crippen molar-refractivity contribution in [2.75, 3.05) is 13.2 Å². The minimum atomic E-state index is -0.109. The molecule has 3 rings (SSSR count). The molecule has 1 aromatic heterocycles. The van der Waals surface area contributed by atoms with E-state index >= 15 is 0 Å². The number of aryl methyl sites for hydroxylation is 1. The first kappa shape index (κ1) is 18.7. The van der Waals surface area contributed by atoms with Crippen LogP contribution in [0.1, 0.15) is 65.6 Å². The van der Waals surface area contributed by atoms with E-state index in [9.17, 15) is 4.79 Å². The van der Waals surface area contributed by atoms with Gasteiger partial charge in [0.2, 0.25) is 0 Å². The van der Waals surface area contributed by atoms with Crippen LogP contribution in [0, 0.1) is 12.8 Å². The quantitative estimate of drug-likeness (QED) is 0.839. The molecular weight excluding hydrogens is 348 g/mol. The smallest absolute Gasteiger partial charge is 0.263 e. The molecule has 0 fully saturated rings. The molecule has 1 aliphatic rings. The van der Waals surface area contributed by atoms with Gasteiger partial charge in [0, 0.05) is 5.92 Å². The fourth-order valence-corrected chi connectivity index (χ4v) is 3.94. The SMILES string of the molecule is Cc1nc(C(C)C)sc1C(=O)NC(c1ccc2c(c1)OCCO2)C(C)C. The first-order chi connectivity index (χ1) is 12.4. The van der Waals surface area contributed by atoms with Crippen molar-refractivity contribution in [3.8, 4) is 11.5 Å². The number of aromatic nitrogens is 1. The zero-order chi connectivity index (χ0) is 18.8. The van der Waals surface area contributed by atoms with Crippen molar-refractivity contribution in [2.45, 2.75) is 46.6 Å². The van der Waals surface area contributed by atoms with E-state index in [0.29, 0.717) is 24.0 Å². The van der Waals surface area contributed by atoms with Crippen molar-refractivity contribution in [2.24, 2.45) is 5.92 Å². The van der Waals surface area contributed by atoms with E-state index in [1.807, 2.05) is 25.1 Å². The summed E-state index contributed by atoms with van der Waals surface area (Å²) in [4.78, 5) is 18.1. The van der Waals surface area contributed by atoms with Crippen LogP contribution in [-0.2, 0) is 0 Å². The molecule has 0 bridgehead atoms. The highest BCUT2D eigenvalue weighted by Gasteiger charge is 2.24. The van der Waals surface area contributed by atoms with Gasteiger partial charge in [-0.05, 0) is 30.5 Å². The van der Waals surface area contributed by atoms with Gasteiger partial charge in [0.25, 0.3) is 5.91 Å². The van der Waals surface area contributed by atoms with Crippen molar-refractivity contribution in [1.29, 1.82) is 0 Å². The number of thiazole rings is 1. The molecule has 0 saturated heterocycles. The molecule has 140 valence electrons. The van der Waals surface area contributed by atoms with Gasteiger partial charge in [-0.3, -0.25) is 4.79 Å².